The predicted octanol–water partition coefficient (Wildman–Crippen LogP) is 5.09. The Balaban J connectivity index is 1.50. The van der Waals surface area contributed by atoms with Crippen LogP contribution >= 0.6 is 0 Å². The van der Waals surface area contributed by atoms with Crippen LogP contribution in [0.4, 0.5) is 5.69 Å². The van der Waals surface area contributed by atoms with Crippen LogP contribution in [-0.4, -0.2) is 20.7 Å². The highest BCUT2D eigenvalue weighted by molar-refractivity contribution is 6.04. The lowest BCUT2D eigenvalue weighted by Crippen LogP contribution is -2.15. The predicted molar refractivity (Wildman–Crippen MR) is 111 cm³/mol. The second-order valence-electron chi connectivity index (χ2n) is 7.68. The van der Waals surface area contributed by atoms with E-state index in [9.17, 15) is 4.79 Å². The first-order chi connectivity index (χ1) is 13.6. The molecule has 1 fully saturated rings. The Labute approximate surface area is 165 Å². The summed E-state index contributed by atoms with van der Waals surface area (Å²) in [6.45, 7) is 1.90. The normalized spacial score (nSPS) is 14.8. The molecule has 0 atom stereocenters. The number of aryl methyl sites for hydroxylation is 2. The van der Waals surface area contributed by atoms with Crippen molar-refractivity contribution in [3.8, 4) is 11.3 Å². The van der Waals surface area contributed by atoms with Gasteiger partial charge in [0, 0.05) is 24.5 Å². The van der Waals surface area contributed by atoms with E-state index in [0.717, 1.165) is 22.5 Å². The summed E-state index contributed by atoms with van der Waals surface area (Å²) in [4.78, 5) is 17.4. The molecule has 1 aromatic carbocycles. The second kappa shape index (κ2) is 7.97. The fourth-order valence-corrected chi connectivity index (χ4v) is 3.94. The quantitative estimate of drug-likeness (QED) is 0.692. The molecule has 0 spiro atoms. The van der Waals surface area contributed by atoms with E-state index < -0.39 is 0 Å². The smallest absolute Gasteiger partial charge is 0.274 e. The molecule has 144 valence electrons. The number of anilines is 1. The second-order valence-corrected chi connectivity index (χ2v) is 7.68. The van der Waals surface area contributed by atoms with Crippen LogP contribution in [0, 0.1) is 6.92 Å². The average molecular weight is 374 g/mol. The topological polar surface area (TPSA) is 59.8 Å². The van der Waals surface area contributed by atoms with Gasteiger partial charge in [-0.15, -0.1) is 0 Å². The van der Waals surface area contributed by atoms with Crippen molar-refractivity contribution in [2.45, 2.75) is 44.9 Å². The number of amides is 1. The molecule has 28 heavy (non-hydrogen) atoms. The number of pyridine rings is 1. The Morgan fingerprint density at radius 1 is 1.07 bits per heavy atom. The van der Waals surface area contributed by atoms with Crippen LogP contribution in [0.15, 0.2) is 48.8 Å². The summed E-state index contributed by atoms with van der Waals surface area (Å²) in [6.07, 6.45) is 10.2. The minimum atomic E-state index is -0.186. The van der Waals surface area contributed by atoms with E-state index in [4.69, 9.17) is 0 Å². The number of rotatable bonds is 4. The summed E-state index contributed by atoms with van der Waals surface area (Å²) in [7, 11) is 1.86. The molecule has 5 heteroatoms. The van der Waals surface area contributed by atoms with Crippen molar-refractivity contribution >= 4 is 11.6 Å². The van der Waals surface area contributed by atoms with Crippen LogP contribution in [0.1, 0.15) is 59.6 Å². The van der Waals surface area contributed by atoms with Crippen molar-refractivity contribution in [2.75, 3.05) is 5.32 Å². The van der Waals surface area contributed by atoms with Crippen molar-refractivity contribution in [3.05, 3.63) is 65.6 Å². The van der Waals surface area contributed by atoms with Crippen LogP contribution in [0.5, 0.6) is 0 Å². The summed E-state index contributed by atoms with van der Waals surface area (Å²) in [5.74, 6) is 0.479. The number of carbonyl (C=O) groups excluding carboxylic acids is 1. The Bertz CT molecular complexity index is 969. The fourth-order valence-electron chi connectivity index (χ4n) is 3.94. The van der Waals surface area contributed by atoms with Gasteiger partial charge in [0.1, 0.15) is 5.69 Å². The van der Waals surface area contributed by atoms with Gasteiger partial charge < -0.3 is 5.32 Å². The van der Waals surface area contributed by atoms with Gasteiger partial charge in [0.2, 0.25) is 0 Å². The highest BCUT2D eigenvalue weighted by Crippen LogP contribution is 2.33. The Morgan fingerprint density at radius 3 is 2.50 bits per heavy atom. The third kappa shape index (κ3) is 3.98. The Hall–Kier alpha value is -2.95. The van der Waals surface area contributed by atoms with Gasteiger partial charge in [-0.1, -0.05) is 37.5 Å². The summed E-state index contributed by atoms with van der Waals surface area (Å²) in [5.41, 5.74) is 5.12. The zero-order chi connectivity index (χ0) is 19.5. The summed E-state index contributed by atoms with van der Waals surface area (Å²) in [6, 6.07) is 12.2. The maximum atomic E-state index is 12.8. The summed E-state index contributed by atoms with van der Waals surface area (Å²) >= 11 is 0. The SMILES string of the molecule is Cc1ccc(-c2cnn(C)c2)nc1C(=O)Nc1ccc(C2CCCCC2)cc1. The van der Waals surface area contributed by atoms with Gasteiger partial charge in [-0.25, -0.2) is 4.98 Å². The van der Waals surface area contributed by atoms with Gasteiger partial charge in [-0.05, 0) is 55.0 Å². The highest BCUT2D eigenvalue weighted by atomic mass is 16.1. The molecule has 1 saturated carbocycles. The third-order valence-electron chi connectivity index (χ3n) is 5.56. The molecule has 2 aromatic heterocycles. The average Bonchev–Trinajstić information content (AvgIpc) is 3.16. The molecule has 1 amide bonds. The van der Waals surface area contributed by atoms with E-state index in [2.05, 4.69) is 27.5 Å². The molecule has 3 aromatic rings. The number of nitrogens with zero attached hydrogens (tertiary/aromatic N) is 3. The summed E-state index contributed by atoms with van der Waals surface area (Å²) < 4.78 is 1.73. The molecule has 4 rings (SSSR count). The largest absolute Gasteiger partial charge is 0.321 e. The molecule has 1 aliphatic carbocycles. The van der Waals surface area contributed by atoms with Crippen LogP contribution in [0.3, 0.4) is 0 Å². The lowest BCUT2D eigenvalue weighted by Gasteiger charge is -2.22. The number of aromatic nitrogens is 3. The summed E-state index contributed by atoms with van der Waals surface area (Å²) in [5, 5.41) is 7.17. The first kappa shape index (κ1) is 18.4. The molecule has 0 radical (unpaired) electrons. The van der Waals surface area contributed by atoms with Gasteiger partial charge in [0.25, 0.3) is 5.91 Å². The molecule has 0 saturated heterocycles. The fraction of sp³-hybridized carbons (Fsp3) is 0.348. The number of hydrogen-bond acceptors (Lipinski definition) is 3. The van der Waals surface area contributed by atoms with E-state index in [0.29, 0.717) is 11.6 Å². The van der Waals surface area contributed by atoms with Crippen molar-refractivity contribution in [1.29, 1.82) is 0 Å². The van der Waals surface area contributed by atoms with Crippen LogP contribution in [0.25, 0.3) is 11.3 Å². The zero-order valence-electron chi connectivity index (χ0n) is 16.5. The molecule has 0 bridgehead atoms. The number of nitrogens with one attached hydrogen (secondary N) is 1. The van der Waals surface area contributed by atoms with E-state index in [1.807, 2.05) is 44.4 Å². The molecular formula is C23H26N4O. The molecular weight excluding hydrogens is 348 g/mol. The third-order valence-corrected chi connectivity index (χ3v) is 5.56. The number of hydrogen-bond donors (Lipinski definition) is 1. The first-order valence-electron chi connectivity index (χ1n) is 9.98. The monoisotopic (exact) mass is 374 g/mol. The minimum Gasteiger partial charge on any atom is -0.321 e. The first-order valence-corrected chi connectivity index (χ1v) is 9.98. The van der Waals surface area contributed by atoms with E-state index in [1.165, 1.54) is 37.7 Å². The van der Waals surface area contributed by atoms with Crippen molar-refractivity contribution in [3.63, 3.8) is 0 Å². The lowest BCUT2D eigenvalue weighted by atomic mass is 9.84. The van der Waals surface area contributed by atoms with Gasteiger partial charge >= 0.3 is 0 Å². The van der Waals surface area contributed by atoms with Crippen LogP contribution in [0.2, 0.25) is 0 Å². The highest BCUT2D eigenvalue weighted by Gasteiger charge is 2.16. The van der Waals surface area contributed by atoms with Crippen LogP contribution < -0.4 is 5.32 Å². The van der Waals surface area contributed by atoms with Crippen LogP contribution in [-0.2, 0) is 7.05 Å². The van der Waals surface area contributed by atoms with Gasteiger partial charge in [-0.3, -0.25) is 9.48 Å². The van der Waals surface area contributed by atoms with Crippen molar-refractivity contribution in [1.82, 2.24) is 14.8 Å². The molecule has 1 aliphatic rings. The maximum absolute atomic E-state index is 12.8. The lowest BCUT2D eigenvalue weighted by molar-refractivity contribution is 0.102. The Kier molecular flexibility index (Phi) is 5.24. The van der Waals surface area contributed by atoms with E-state index in [-0.39, 0.29) is 5.91 Å². The zero-order valence-corrected chi connectivity index (χ0v) is 16.5. The standard InChI is InChI=1S/C23H26N4O/c1-16-8-13-21(19-14-24-27(2)15-19)26-22(16)23(28)25-20-11-9-18(10-12-20)17-6-4-3-5-7-17/h8-15,17H,3-7H2,1-2H3,(H,25,28). The van der Waals surface area contributed by atoms with Gasteiger partial charge in [0.15, 0.2) is 0 Å². The van der Waals surface area contributed by atoms with E-state index in [1.54, 1.807) is 10.9 Å². The molecule has 1 N–H and O–H groups in total. The van der Waals surface area contributed by atoms with Crippen molar-refractivity contribution < 1.29 is 4.79 Å². The molecule has 0 unspecified atom stereocenters. The van der Waals surface area contributed by atoms with Crippen molar-refractivity contribution in [2.24, 2.45) is 7.05 Å². The Morgan fingerprint density at radius 2 is 1.82 bits per heavy atom. The number of benzene rings is 1. The van der Waals surface area contributed by atoms with Gasteiger partial charge in [-0.2, -0.15) is 5.10 Å². The molecule has 0 aliphatic heterocycles. The molecule has 2 heterocycles. The number of carbonyl (C=O) groups is 1. The van der Waals surface area contributed by atoms with E-state index >= 15 is 0 Å². The minimum absolute atomic E-state index is 0.186. The van der Waals surface area contributed by atoms with Gasteiger partial charge in [0.05, 0.1) is 11.9 Å². The molecule has 5 nitrogen and oxygen atoms in total. The maximum Gasteiger partial charge on any atom is 0.274 e.